The summed E-state index contributed by atoms with van der Waals surface area (Å²) in [5.74, 6) is 0.555. The molecule has 0 unspecified atom stereocenters. The van der Waals surface area contributed by atoms with Gasteiger partial charge in [-0.25, -0.2) is 13.1 Å². The SMILES string of the molecule is O=S(=O)(NC1CCCCCCCCC1)c1ccc(C2CCNCC2)cc1. The summed E-state index contributed by atoms with van der Waals surface area (Å²) >= 11 is 0. The lowest BCUT2D eigenvalue weighted by Crippen LogP contribution is -2.35. The van der Waals surface area contributed by atoms with E-state index in [4.69, 9.17) is 0 Å². The molecule has 1 saturated heterocycles. The monoisotopic (exact) mass is 378 g/mol. The number of rotatable bonds is 4. The Morgan fingerprint density at radius 2 is 1.31 bits per heavy atom. The minimum Gasteiger partial charge on any atom is -0.317 e. The Balaban J connectivity index is 1.62. The van der Waals surface area contributed by atoms with Gasteiger partial charge in [-0.1, -0.05) is 57.1 Å². The number of hydrogen-bond donors (Lipinski definition) is 2. The van der Waals surface area contributed by atoms with Gasteiger partial charge in [0.05, 0.1) is 4.90 Å². The normalized spacial score (nSPS) is 22.2. The van der Waals surface area contributed by atoms with Crippen LogP contribution in [0.1, 0.15) is 82.1 Å². The van der Waals surface area contributed by atoms with Crippen LogP contribution in [0.4, 0.5) is 0 Å². The molecule has 0 atom stereocenters. The summed E-state index contributed by atoms with van der Waals surface area (Å²) in [5, 5.41) is 3.38. The maximum absolute atomic E-state index is 12.8. The highest BCUT2D eigenvalue weighted by Gasteiger charge is 2.21. The molecule has 26 heavy (non-hydrogen) atoms. The summed E-state index contributed by atoms with van der Waals surface area (Å²) in [6.07, 6.45) is 12.8. The molecular weight excluding hydrogens is 344 g/mol. The van der Waals surface area contributed by atoms with Crippen molar-refractivity contribution in [2.45, 2.75) is 87.5 Å². The predicted octanol–water partition coefficient (Wildman–Crippen LogP) is 4.33. The van der Waals surface area contributed by atoms with E-state index in [0.29, 0.717) is 10.8 Å². The molecule has 2 fully saturated rings. The highest BCUT2D eigenvalue weighted by molar-refractivity contribution is 7.89. The fourth-order valence-corrected chi connectivity index (χ4v) is 5.59. The van der Waals surface area contributed by atoms with Gasteiger partial charge in [-0.2, -0.15) is 0 Å². The first-order chi connectivity index (χ1) is 12.6. The number of nitrogens with one attached hydrogen (secondary N) is 2. The molecule has 2 aliphatic rings. The summed E-state index contributed by atoms with van der Waals surface area (Å²) < 4.78 is 28.6. The largest absolute Gasteiger partial charge is 0.317 e. The molecule has 1 aliphatic heterocycles. The van der Waals surface area contributed by atoms with Crippen LogP contribution < -0.4 is 10.0 Å². The van der Waals surface area contributed by atoms with E-state index in [-0.39, 0.29) is 6.04 Å². The van der Waals surface area contributed by atoms with E-state index >= 15 is 0 Å². The van der Waals surface area contributed by atoms with E-state index in [1.807, 2.05) is 12.1 Å². The Morgan fingerprint density at radius 1 is 0.769 bits per heavy atom. The fourth-order valence-electron chi connectivity index (χ4n) is 4.29. The zero-order valence-electron chi connectivity index (χ0n) is 15.9. The van der Waals surface area contributed by atoms with Gasteiger partial charge in [-0.05, 0) is 62.4 Å². The van der Waals surface area contributed by atoms with Crippen molar-refractivity contribution in [1.29, 1.82) is 0 Å². The van der Waals surface area contributed by atoms with Crippen LogP contribution in [0.3, 0.4) is 0 Å². The van der Waals surface area contributed by atoms with Gasteiger partial charge in [0, 0.05) is 6.04 Å². The van der Waals surface area contributed by atoms with E-state index in [1.54, 1.807) is 12.1 Å². The van der Waals surface area contributed by atoms with Crippen molar-refractivity contribution < 1.29 is 8.42 Å². The molecule has 2 N–H and O–H groups in total. The summed E-state index contributed by atoms with van der Waals surface area (Å²) in [6, 6.07) is 7.69. The maximum Gasteiger partial charge on any atom is 0.240 e. The Hall–Kier alpha value is -0.910. The summed E-state index contributed by atoms with van der Waals surface area (Å²) in [7, 11) is -3.42. The average molecular weight is 379 g/mol. The average Bonchev–Trinajstić information content (AvgIpc) is 2.67. The van der Waals surface area contributed by atoms with Gasteiger partial charge < -0.3 is 5.32 Å². The minimum atomic E-state index is -3.42. The molecule has 5 heteroatoms. The van der Waals surface area contributed by atoms with Crippen LogP contribution in [0.5, 0.6) is 0 Å². The Kier molecular flexibility index (Phi) is 7.52. The smallest absolute Gasteiger partial charge is 0.240 e. The molecule has 1 heterocycles. The molecule has 1 aliphatic carbocycles. The second kappa shape index (κ2) is 9.86. The number of sulfonamides is 1. The molecule has 4 nitrogen and oxygen atoms in total. The molecule has 0 bridgehead atoms. The highest BCUT2D eigenvalue weighted by Crippen LogP contribution is 2.26. The molecule has 1 aromatic rings. The van der Waals surface area contributed by atoms with E-state index < -0.39 is 10.0 Å². The standard InChI is InChI=1S/C21H34N2O2S/c24-26(25,23-20-8-6-4-2-1-3-5-7-9-20)21-12-10-18(11-13-21)19-14-16-22-17-15-19/h10-13,19-20,22-23H,1-9,14-17H2. The zero-order valence-corrected chi connectivity index (χ0v) is 16.7. The molecule has 1 aromatic carbocycles. The molecule has 1 saturated carbocycles. The molecule has 0 spiro atoms. The van der Waals surface area contributed by atoms with Crippen molar-refractivity contribution in [2.24, 2.45) is 0 Å². The molecular formula is C21H34N2O2S. The minimum absolute atomic E-state index is 0.0854. The van der Waals surface area contributed by atoms with Gasteiger partial charge in [-0.15, -0.1) is 0 Å². The van der Waals surface area contributed by atoms with Gasteiger partial charge in [0.25, 0.3) is 0 Å². The first-order valence-electron chi connectivity index (χ1n) is 10.5. The third-order valence-corrected chi connectivity index (χ3v) is 7.46. The van der Waals surface area contributed by atoms with Crippen molar-refractivity contribution in [3.63, 3.8) is 0 Å². The van der Waals surface area contributed by atoms with Crippen LogP contribution in [0.25, 0.3) is 0 Å². The topological polar surface area (TPSA) is 58.2 Å². The van der Waals surface area contributed by atoms with Crippen molar-refractivity contribution in [2.75, 3.05) is 13.1 Å². The highest BCUT2D eigenvalue weighted by atomic mass is 32.2. The second-order valence-electron chi connectivity index (χ2n) is 7.96. The van der Waals surface area contributed by atoms with Gasteiger partial charge >= 0.3 is 0 Å². The van der Waals surface area contributed by atoms with Crippen LogP contribution >= 0.6 is 0 Å². The summed E-state index contributed by atoms with van der Waals surface area (Å²) in [4.78, 5) is 0.410. The summed E-state index contributed by atoms with van der Waals surface area (Å²) in [6.45, 7) is 2.10. The lowest BCUT2D eigenvalue weighted by atomic mass is 9.90. The number of benzene rings is 1. The van der Waals surface area contributed by atoms with Crippen LogP contribution in [0.2, 0.25) is 0 Å². The first-order valence-corrected chi connectivity index (χ1v) is 12.0. The Morgan fingerprint density at radius 3 is 1.88 bits per heavy atom. The number of piperidine rings is 1. The zero-order chi connectivity index (χ0) is 18.2. The second-order valence-corrected chi connectivity index (χ2v) is 9.68. The predicted molar refractivity (Wildman–Crippen MR) is 107 cm³/mol. The third-order valence-electron chi connectivity index (χ3n) is 5.93. The van der Waals surface area contributed by atoms with Crippen LogP contribution in [-0.4, -0.2) is 27.5 Å². The van der Waals surface area contributed by atoms with Crippen LogP contribution in [0.15, 0.2) is 29.2 Å². The van der Waals surface area contributed by atoms with Crippen molar-refractivity contribution >= 4 is 10.0 Å². The van der Waals surface area contributed by atoms with Gasteiger partial charge in [-0.3, -0.25) is 0 Å². The van der Waals surface area contributed by atoms with E-state index in [2.05, 4.69) is 10.0 Å². The molecule has 0 amide bonds. The Bertz CT molecular complexity index is 626. The Labute approximate surface area is 159 Å². The first kappa shape index (κ1) is 19.8. The van der Waals surface area contributed by atoms with Gasteiger partial charge in [0.1, 0.15) is 0 Å². The van der Waals surface area contributed by atoms with Crippen molar-refractivity contribution in [3.05, 3.63) is 29.8 Å². The van der Waals surface area contributed by atoms with E-state index in [0.717, 1.165) is 51.6 Å². The van der Waals surface area contributed by atoms with Crippen molar-refractivity contribution in [1.82, 2.24) is 10.0 Å². The molecule has 0 radical (unpaired) electrons. The molecule has 146 valence electrons. The summed E-state index contributed by atoms with van der Waals surface area (Å²) in [5.41, 5.74) is 1.27. The van der Waals surface area contributed by atoms with E-state index in [9.17, 15) is 8.42 Å². The maximum atomic E-state index is 12.8. The van der Waals surface area contributed by atoms with E-state index in [1.165, 1.54) is 37.7 Å². The fraction of sp³-hybridized carbons (Fsp3) is 0.714. The lowest BCUT2D eigenvalue weighted by Gasteiger charge is -2.23. The van der Waals surface area contributed by atoms with Crippen LogP contribution in [0, 0.1) is 0 Å². The van der Waals surface area contributed by atoms with Crippen molar-refractivity contribution in [3.8, 4) is 0 Å². The van der Waals surface area contributed by atoms with Gasteiger partial charge in [0.15, 0.2) is 0 Å². The molecule has 0 aromatic heterocycles. The number of hydrogen-bond acceptors (Lipinski definition) is 3. The lowest BCUT2D eigenvalue weighted by molar-refractivity contribution is 0.434. The van der Waals surface area contributed by atoms with Crippen LogP contribution in [-0.2, 0) is 10.0 Å². The van der Waals surface area contributed by atoms with Gasteiger partial charge in [0.2, 0.25) is 10.0 Å². The molecule has 3 rings (SSSR count). The quantitative estimate of drug-likeness (QED) is 0.820. The third kappa shape index (κ3) is 5.80.